The third kappa shape index (κ3) is 4.98. The maximum atomic E-state index is 13.7. The van der Waals surface area contributed by atoms with E-state index in [9.17, 15) is 19.8 Å². The Morgan fingerprint density at radius 1 is 1.27 bits per heavy atom. The quantitative estimate of drug-likeness (QED) is 0.279. The molecule has 2 fully saturated rings. The van der Waals surface area contributed by atoms with Crippen molar-refractivity contribution in [2.45, 2.75) is 76.7 Å². The van der Waals surface area contributed by atoms with Crippen LogP contribution in [-0.4, -0.2) is 77.0 Å². The van der Waals surface area contributed by atoms with Gasteiger partial charge in [0.1, 0.15) is 29.6 Å². The van der Waals surface area contributed by atoms with Crippen LogP contribution >= 0.6 is 31.9 Å². The summed E-state index contributed by atoms with van der Waals surface area (Å²) in [4.78, 5) is 30.0. The summed E-state index contributed by atoms with van der Waals surface area (Å²) in [5.41, 5.74) is 0.0990. The Morgan fingerprint density at radius 2 is 2.00 bits per heavy atom. The van der Waals surface area contributed by atoms with Crippen LogP contribution in [0.5, 0.6) is 0 Å². The average molecular weight is 701 g/mol. The molecule has 226 valence electrons. The smallest absolute Gasteiger partial charge is 0.355 e. The van der Waals surface area contributed by atoms with Gasteiger partial charge < -0.3 is 34.1 Å². The minimum atomic E-state index is -1.03. The van der Waals surface area contributed by atoms with Gasteiger partial charge in [-0.15, -0.1) is 0 Å². The van der Waals surface area contributed by atoms with Crippen molar-refractivity contribution in [3.05, 3.63) is 44.6 Å². The number of ether oxygens (including phenoxy) is 4. The van der Waals surface area contributed by atoms with Crippen LogP contribution in [0.3, 0.4) is 0 Å². The standard InChI is InChI=1S/C30H39Br2NO8/c1-6-15-18-9-8-16-22-23(35)17(12-38-5)25(40-29(37)20-11-19(31)27(32)33-20)26(16)41-30(18,22)14(4)10-13(3)24(21(34)7-2)39-28(15)36/h8-11,13,15-18,21-26,33-35H,6-7,12H2,1-5H3/b14-10+/t13-,15-,16-,17-,18-,21-,22+,23-,24+,25-,26-,30+/m1/s1. The molecule has 1 saturated heterocycles. The molecule has 0 aromatic carbocycles. The highest BCUT2D eigenvalue weighted by Crippen LogP contribution is 2.62. The van der Waals surface area contributed by atoms with Crippen LogP contribution in [0.25, 0.3) is 0 Å². The molecular weight excluding hydrogens is 662 g/mol. The van der Waals surface area contributed by atoms with Gasteiger partial charge in [0.2, 0.25) is 0 Å². The van der Waals surface area contributed by atoms with Crippen LogP contribution in [-0.2, 0) is 23.7 Å². The van der Waals surface area contributed by atoms with Crippen molar-refractivity contribution in [2.75, 3.05) is 13.7 Å². The predicted molar refractivity (Wildman–Crippen MR) is 157 cm³/mol. The van der Waals surface area contributed by atoms with Crippen molar-refractivity contribution in [2.24, 2.45) is 35.5 Å². The largest absolute Gasteiger partial charge is 0.459 e. The maximum absolute atomic E-state index is 13.7. The summed E-state index contributed by atoms with van der Waals surface area (Å²) < 4.78 is 26.0. The first-order valence-electron chi connectivity index (χ1n) is 14.4. The Hall–Kier alpha value is -1.50. The van der Waals surface area contributed by atoms with Crippen molar-refractivity contribution in [1.82, 2.24) is 4.98 Å². The molecule has 4 aliphatic rings. The Balaban J connectivity index is 1.60. The van der Waals surface area contributed by atoms with Gasteiger partial charge in [-0.05, 0) is 63.3 Å². The summed E-state index contributed by atoms with van der Waals surface area (Å²) >= 11 is 6.75. The van der Waals surface area contributed by atoms with Gasteiger partial charge in [-0.1, -0.05) is 39.0 Å². The maximum Gasteiger partial charge on any atom is 0.355 e. The van der Waals surface area contributed by atoms with E-state index in [2.05, 4.69) is 36.8 Å². The SMILES string of the molecule is CC[C@@H](O)[C@H]1OC(=O)[C@H](CC)[C@H]2C=C[C@H]3[C@H]4O[C@]2(/C(C)=C/[C@H]1C)[C@@H]3[C@H](O)[C@@H](COC)[C@H]4OC(=O)c1cc(Br)c(Br)[nH]1. The van der Waals surface area contributed by atoms with Gasteiger partial charge in [0, 0.05) is 36.7 Å². The lowest BCUT2D eigenvalue weighted by Gasteiger charge is -2.49. The van der Waals surface area contributed by atoms with E-state index in [1.807, 2.05) is 45.9 Å². The number of esters is 2. The number of H-pyrrole nitrogens is 1. The van der Waals surface area contributed by atoms with Crippen molar-refractivity contribution in [3.8, 4) is 0 Å². The molecule has 1 spiro atoms. The number of carbonyl (C=O) groups is 2. The normalized spacial score (nSPS) is 41.8. The first-order valence-corrected chi connectivity index (χ1v) is 15.9. The molecule has 11 heteroatoms. The van der Waals surface area contributed by atoms with Crippen molar-refractivity contribution >= 4 is 43.8 Å². The van der Waals surface area contributed by atoms with Crippen LogP contribution in [0.2, 0.25) is 0 Å². The van der Waals surface area contributed by atoms with E-state index >= 15 is 0 Å². The molecule has 2 aliphatic heterocycles. The summed E-state index contributed by atoms with van der Waals surface area (Å²) in [5, 5.41) is 22.8. The van der Waals surface area contributed by atoms with Crippen LogP contribution in [0.15, 0.2) is 38.9 Å². The fourth-order valence-electron chi connectivity index (χ4n) is 7.74. The summed E-state index contributed by atoms with van der Waals surface area (Å²) in [7, 11) is 1.55. The van der Waals surface area contributed by atoms with E-state index in [1.54, 1.807) is 13.2 Å². The molecule has 1 saturated carbocycles. The number of cyclic esters (lactones) is 1. The molecule has 3 heterocycles. The van der Waals surface area contributed by atoms with E-state index in [0.29, 0.717) is 21.9 Å². The Bertz CT molecular complexity index is 1210. The number of aromatic nitrogens is 1. The summed E-state index contributed by atoms with van der Waals surface area (Å²) in [6, 6.07) is 1.63. The van der Waals surface area contributed by atoms with Crippen molar-refractivity contribution in [1.29, 1.82) is 0 Å². The second kappa shape index (κ2) is 11.9. The number of halogens is 2. The van der Waals surface area contributed by atoms with Gasteiger partial charge in [-0.25, -0.2) is 4.79 Å². The Labute approximate surface area is 257 Å². The number of carbonyl (C=O) groups excluding carboxylic acids is 2. The van der Waals surface area contributed by atoms with Gasteiger partial charge >= 0.3 is 11.9 Å². The zero-order valence-electron chi connectivity index (χ0n) is 23.9. The summed E-state index contributed by atoms with van der Waals surface area (Å²) in [6.45, 7) is 7.86. The lowest BCUT2D eigenvalue weighted by Crippen LogP contribution is -2.59. The molecule has 4 bridgehead atoms. The van der Waals surface area contributed by atoms with Crippen LogP contribution in [0.4, 0.5) is 0 Å². The Morgan fingerprint density at radius 3 is 2.61 bits per heavy atom. The molecule has 0 amide bonds. The third-order valence-electron chi connectivity index (χ3n) is 9.63. The fraction of sp³-hybridized carbons (Fsp3) is 0.667. The average Bonchev–Trinajstić information content (AvgIpc) is 3.38. The molecule has 0 unspecified atom stereocenters. The van der Waals surface area contributed by atoms with Gasteiger partial charge in [-0.3, -0.25) is 4.79 Å². The predicted octanol–water partition coefficient (Wildman–Crippen LogP) is 4.56. The highest BCUT2D eigenvalue weighted by Gasteiger charge is 2.70. The number of rotatable bonds is 7. The highest BCUT2D eigenvalue weighted by atomic mass is 79.9. The third-order valence-corrected chi connectivity index (χ3v) is 11.4. The van der Waals surface area contributed by atoms with Gasteiger partial charge in [0.15, 0.2) is 0 Å². The fourth-order valence-corrected chi connectivity index (χ4v) is 8.39. The molecule has 3 N–H and O–H groups in total. The summed E-state index contributed by atoms with van der Waals surface area (Å²) in [6.07, 6.45) is 3.16. The molecule has 41 heavy (non-hydrogen) atoms. The second-order valence-electron chi connectivity index (χ2n) is 11.8. The van der Waals surface area contributed by atoms with Crippen molar-refractivity contribution in [3.63, 3.8) is 0 Å². The van der Waals surface area contributed by atoms with Crippen LogP contribution in [0.1, 0.15) is 51.0 Å². The van der Waals surface area contributed by atoms with E-state index < -0.39 is 65.8 Å². The number of methoxy groups -OCH3 is 1. The monoisotopic (exact) mass is 699 g/mol. The van der Waals surface area contributed by atoms with Gasteiger partial charge in [0.25, 0.3) is 0 Å². The molecule has 1 aromatic rings. The second-order valence-corrected chi connectivity index (χ2v) is 13.5. The first-order chi connectivity index (χ1) is 19.5. The lowest BCUT2D eigenvalue weighted by molar-refractivity contribution is -0.168. The number of nitrogens with one attached hydrogen (secondary N) is 1. The molecular formula is C30H39Br2NO8. The number of aromatic amines is 1. The minimum absolute atomic E-state index is 0.161. The van der Waals surface area contributed by atoms with Gasteiger partial charge in [-0.2, -0.15) is 0 Å². The zero-order valence-corrected chi connectivity index (χ0v) is 27.1. The topological polar surface area (TPSA) is 127 Å². The summed E-state index contributed by atoms with van der Waals surface area (Å²) in [5.74, 6) is -3.43. The highest BCUT2D eigenvalue weighted by molar-refractivity contribution is 9.13. The van der Waals surface area contributed by atoms with Crippen LogP contribution in [0, 0.1) is 35.5 Å². The molecule has 1 aromatic heterocycles. The van der Waals surface area contributed by atoms with Crippen molar-refractivity contribution < 1.29 is 38.7 Å². The van der Waals surface area contributed by atoms with E-state index in [0.717, 1.165) is 5.57 Å². The number of hydrogen-bond acceptors (Lipinski definition) is 8. The van der Waals surface area contributed by atoms with E-state index in [-0.39, 0.29) is 30.1 Å². The van der Waals surface area contributed by atoms with E-state index in [1.165, 1.54) is 0 Å². The molecule has 5 rings (SSSR count). The minimum Gasteiger partial charge on any atom is -0.459 e. The number of aliphatic hydroxyl groups excluding tert-OH is 2. The zero-order chi connectivity index (χ0) is 29.8. The molecule has 12 atom stereocenters. The van der Waals surface area contributed by atoms with E-state index in [4.69, 9.17) is 18.9 Å². The Kier molecular flexibility index (Phi) is 8.97. The first kappa shape index (κ1) is 30.9. The number of aliphatic hydroxyl groups is 2. The molecule has 9 nitrogen and oxygen atoms in total. The van der Waals surface area contributed by atoms with Crippen LogP contribution < -0.4 is 0 Å². The molecule has 2 aliphatic carbocycles. The number of hydrogen-bond donors (Lipinski definition) is 3. The lowest BCUT2D eigenvalue weighted by atomic mass is 9.56. The van der Waals surface area contributed by atoms with Gasteiger partial charge in [0.05, 0.1) is 33.8 Å². The molecule has 0 radical (unpaired) electrons.